The number of ether oxygens (including phenoxy) is 1. The molecule has 0 bridgehead atoms. The summed E-state index contributed by atoms with van der Waals surface area (Å²) in [5.74, 6) is 0.530. The van der Waals surface area contributed by atoms with Crippen LogP contribution in [0.2, 0.25) is 0 Å². The summed E-state index contributed by atoms with van der Waals surface area (Å²) in [4.78, 5) is 15.2. The van der Waals surface area contributed by atoms with Crippen LogP contribution in [-0.2, 0) is 14.6 Å². The van der Waals surface area contributed by atoms with E-state index >= 15 is 0 Å². The highest BCUT2D eigenvalue weighted by Crippen LogP contribution is 2.38. The number of aromatic nitrogens is 2. The van der Waals surface area contributed by atoms with E-state index in [1.807, 2.05) is 61.7 Å². The lowest BCUT2D eigenvalue weighted by molar-refractivity contribution is -0.123. The van der Waals surface area contributed by atoms with Crippen molar-refractivity contribution in [2.24, 2.45) is 0 Å². The Kier molecular flexibility index (Phi) is 6.29. The predicted molar refractivity (Wildman–Crippen MR) is 142 cm³/mol. The smallest absolute Gasteiger partial charge is 0.266 e. The quantitative estimate of drug-likeness (QED) is 0.364. The summed E-state index contributed by atoms with van der Waals surface area (Å²) in [6, 6.07) is 15.1. The van der Waals surface area contributed by atoms with E-state index < -0.39 is 15.9 Å². The number of nitrogens with zero attached hydrogens (tertiary/aromatic N) is 3. The summed E-state index contributed by atoms with van der Waals surface area (Å²) in [6.45, 7) is 1.99. The molecular weight excluding hydrogens is 502 g/mol. The molecule has 180 valence electrons. The molecule has 0 saturated carbocycles. The lowest BCUT2D eigenvalue weighted by Crippen LogP contribution is -2.39. The van der Waals surface area contributed by atoms with Crippen LogP contribution in [-0.4, -0.2) is 58.0 Å². The molecule has 3 heterocycles. The van der Waals surface area contributed by atoms with Crippen molar-refractivity contribution in [2.45, 2.75) is 19.4 Å². The fraction of sp³-hybridized carbons (Fsp3) is 0.240. The highest BCUT2D eigenvalue weighted by atomic mass is 32.2. The highest BCUT2D eigenvalue weighted by molar-refractivity contribution is 8.26. The first kappa shape index (κ1) is 23.8. The van der Waals surface area contributed by atoms with Crippen LogP contribution < -0.4 is 4.74 Å². The fourth-order valence-electron chi connectivity index (χ4n) is 4.36. The van der Waals surface area contributed by atoms with Gasteiger partial charge in [0.15, 0.2) is 9.84 Å². The first-order valence-corrected chi connectivity index (χ1v) is 14.1. The van der Waals surface area contributed by atoms with Crippen molar-refractivity contribution < 1.29 is 17.9 Å². The van der Waals surface area contributed by atoms with Crippen LogP contribution in [0.25, 0.3) is 23.0 Å². The van der Waals surface area contributed by atoms with Crippen molar-refractivity contribution >= 4 is 50.1 Å². The van der Waals surface area contributed by atoms with Crippen LogP contribution in [0.3, 0.4) is 0 Å². The van der Waals surface area contributed by atoms with Gasteiger partial charge in [-0.3, -0.25) is 9.69 Å². The molecule has 2 aliphatic rings. The Morgan fingerprint density at radius 3 is 2.63 bits per heavy atom. The Hall–Kier alpha value is -2.95. The number of carbonyl (C=O) groups is 1. The molecule has 10 heteroatoms. The van der Waals surface area contributed by atoms with Crippen molar-refractivity contribution in [1.29, 1.82) is 0 Å². The second kappa shape index (κ2) is 9.25. The average molecular weight is 526 g/mol. The third kappa shape index (κ3) is 4.65. The van der Waals surface area contributed by atoms with Crippen LogP contribution in [0, 0.1) is 6.92 Å². The van der Waals surface area contributed by atoms with Gasteiger partial charge in [-0.05, 0) is 55.3 Å². The summed E-state index contributed by atoms with van der Waals surface area (Å²) in [5, 5.41) is 4.85. The molecule has 2 aromatic carbocycles. The van der Waals surface area contributed by atoms with E-state index in [2.05, 4.69) is 0 Å². The molecule has 2 aliphatic heterocycles. The van der Waals surface area contributed by atoms with Gasteiger partial charge in [-0.25, -0.2) is 13.1 Å². The zero-order chi connectivity index (χ0) is 24.7. The minimum atomic E-state index is -3.14. The molecule has 0 aliphatic carbocycles. The minimum Gasteiger partial charge on any atom is -0.497 e. The lowest BCUT2D eigenvalue weighted by Gasteiger charge is -2.20. The van der Waals surface area contributed by atoms with Crippen LogP contribution in [0.1, 0.15) is 17.5 Å². The number of para-hydroxylation sites is 1. The molecule has 7 nitrogen and oxygen atoms in total. The Balaban J connectivity index is 1.57. The van der Waals surface area contributed by atoms with Gasteiger partial charge in [-0.2, -0.15) is 5.10 Å². The predicted octanol–water partition coefficient (Wildman–Crippen LogP) is 4.24. The maximum Gasteiger partial charge on any atom is 0.266 e. The average Bonchev–Trinajstić information content (AvgIpc) is 3.49. The van der Waals surface area contributed by atoms with Gasteiger partial charge in [0.05, 0.1) is 35.2 Å². The molecule has 2 saturated heterocycles. The van der Waals surface area contributed by atoms with E-state index in [1.54, 1.807) is 17.9 Å². The van der Waals surface area contributed by atoms with E-state index in [9.17, 15) is 13.2 Å². The van der Waals surface area contributed by atoms with Crippen molar-refractivity contribution in [2.75, 3.05) is 18.6 Å². The van der Waals surface area contributed by atoms with Gasteiger partial charge in [0.1, 0.15) is 15.8 Å². The molecule has 35 heavy (non-hydrogen) atoms. The number of aryl methyl sites for hydroxylation is 1. The van der Waals surface area contributed by atoms with Crippen molar-refractivity contribution in [3.05, 3.63) is 70.8 Å². The number of rotatable bonds is 5. The summed E-state index contributed by atoms with van der Waals surface area (Å²) in [5.41, 5.74) is 4.29. The molecule has 3 aromatic rings. The van der Waals surface area contributed by atoms with Crippen molar-refractivity contribution in [1.82, 2.24) is 14.7 Å². The fourth-order valence-corrected chi connectivity index (χ4v) is 7.45. The molecule has 2 fully saturated rings. The third-order valence-electron chi connectivity index (χ3n) is 6.14. The van der Waals surface area contributed by atoms with Gasteiger partial charge in [0, 0.05) is 17.3 Å². The molecule has 1 unspecified atom stereocenters. The summed E-state index contributed by atoms with van der Waals surface area (Å²) >= 11 is 6.68. The van der Waals surface area contributed by atoms with Gasteiger partial charge in [0.2, 0.25) is 0 Å². The Morgan fingerprint density at radius 1 is 1.20 bits per heavy atom. The number of hydrogen-bond acceptors (Lipinski definition) is 7. The maximum absolute atomic E-state index is 13.3. The topological polar surface area (TPSA) is 81.5 Å². The molecule has 0 radical (unpaired) electrons. The van der Waals surface area contributed by atoms with Gasteiger partial charge >= 0.3 is 0 Å². The standard InChI is InChI=1S/C25H23N3O4S3/c1-16-12-20(32-2)8-9-21(16)23-17(14-27(26-23)18-6-4-3-5-7-18)13-22-24(29)28(25(33)34-22)19-10-11-35(30,31)15-19/h3-9,12-14,19H,10-11,15H2,1-2H3. The molecule has 0 spiro atoms. The Bertz CT molecular complexity index is 1460. The zero-order valence-electron chi connectivity index (χ0n) is 19.2. The van der Waals surface area contributed by atoms with Gasteiger partial charge in [0.25, 0.3) is 5.91 Å². The van der Waals surface area contributed by atoms with Crippen LogP contribution in [0.5, 0.6) is 5.75 Å². The first-order chi connectivity index (χ1) is 16.8. The molecule has 1 aromatic heterocycles. The van der Waals surface area contributed by atoms with Crippen LogP contribution >= 0.6 is 24.0 Å². The Morgan fingerprint density at radius 2 is 1.97 bits per heavy atom. The number of methoxy groups -OCH3 is 1. The number of sulfone groups is 1. The number of carbonyl (C=O) groups excluding carboxylic acids is 1. The Labute approximate surface area is 213 Å². The van der Waals surface area contributed by atoms with E-state index in [4.69, 9.17) is 22.1 Å². The summed E-state index contributed by atoms with van der Waals surface area (Å²) < 4.78 is 31.5. The number of thiocarbonyl (C=S) groups is 1. The normalized spacial score (nSPS) is 20.7. The SMILES string of the molecule is COc1ccc(-c2nn(-c3ccccc3)cc2C=C2SC(=S)N(C3CCS(=O)(=O)C3)C2=O)c(C)c1. The molecule has 1 atom stereocenters. The number of amides is 1. The monoisotopic (exact) mass is 525 g/mol. The van der Waals surface area contributed by atoms with Gasteiger partial charge in [-0.15, -0.1) is 0 Å². The molecule has 5 rings (SSSR count). The molecular formula is C25H23N3O4S3. The number of benzene rings is 2. The third-order valence-corrected chi connectivity index (χ3v) is 9.22. The van der Waals surface area contributed by atoms with E-state index in [0.29, 0.717) is 15.6 Å². The lowest BCUT2D eigenvalue weighted by atomic mass is 10.0. The number of hydrogen-bond donors (Lipinski definition) is 0. The van der Waals surface area contributed by atoms with Gasteiger partial charge in [-0.1, -0.05) is 42.2 Å². The molecule has 1 amide bonds. The van der Waals surface area contributed by atoms with Crippen molar-refractivity contribution in [3.63, 3.8) is 0 Å². The maximum atomic E-state index is 13.3. The summed E-state index contributed by atoms with van der Waals surface area (Å²) in [7, 11) is -1.52. The second-order valence-corrected chi connectivity index (χ2v) is 12.4. The van der Waals surface area contributed by atoms with Crippen LogP contribution in [0.15, 0.2) is 59.6 Å². The van der Waals surface area contributed by atoms with Crippen LogP contribution in [0.4, 0.5) is 0 Å². The molecule has 0 N–H and O–H groups in total. The van der Waals surface area contributed by atoms with E-state index in [1.165, 1.54) is 16.7 Å². The van der Waals surface area contributed by atoms with Crippen molar-refractivity contribution in [3.8, 4) is 22.7 Å². The largest absolute Gasteiger partial charge is 0.497 e. The van der Waals surface area contributed by atoms with E-state index in [-0.39, 0.29) is 17.4 Å². The summed E-state index contributed by atoms with van der Waals surface area (Å²) in [6.07, 6.45) is 4.10. The first-order valence-electron chi connectivity index (χ1n) is 11.0. The van der Waals surface area contributed by atoms with E-state index in [0.717, 1.165) is 33.8 Å². The number of thioether (sulfide) groups is 1. The second-order valence-electron chi connectivity index (χ2n) is 8.50. The zero-order valence-corrected chi connectivity index (χ0v) is 21.6. The van der Waals surface area contributed by atoms with Gasteiger partial charge < -0.3 is 4.74 Å². The minimum absolute atomic E-state index is 0.0467. The highest BCUT2D eigenvalue weighted by Gasteiger charge is 2.42.